The van der Waals surface area contributed by atoms with Gasteiger partial charge in [0.05, 0.1) is 5.92 Å². The van der Waals surface area contributed by atoms with Gasteiger partial charge in [0.1, 0.15) is 0 Å². The van der Waals surface area contributed by atoms with Gasteiger partial charge >= 0.3 is 12.0 Å². The number of nitrogens with zero attached hydrogens (tertiary/aromatic N) is 1. The molecule has 1 saturated heterocycles. The fourth-order valence-electron chi connectivity index (χ4n) is 2.05. The molecular weight excluding hydrogens is 240 g/mol. The maximum Gasteiger partial charge on any atom is 0.317 e. The zero-order valence-corrected chi connectivity index (χ0v) is 11.3. The Bertz CT molecular complexity index is 298. The zero-order valence-electron chi connectivity index (χ0n) is 10.5. The van der Waals surface area contributed by atoms with Crippen LogP contribution in [0.2, 0.25) is 0 Å². The molecule has 0 bridgehead atoms. The average Bonchev–Trinajstić information content (AvgIpc) is 2.60. The molecule has 2 amide bonds. The van der Waals surface area contributed by atoms with Crippen LogP contribution in [0.25, 0.3) is 0 Å². The molecule has 1 unspecified atom stereocenters. The summed E-state index contributed by atoms with van der Waals surface area (Å²) in [7, 11) is 0. The number of carbonyl (C=O) groups excluding carboxylic acids is 1. The number of carbonyl (C=O) groups is 2. The Kier molecular flexibility index (Phi) is 5.11. The number of carboxylic acid groups (broad SMARTS) is 1. The number of likely N-dealkylation sites (tertiary alicyclic amines) is 1. The number of carboxylic acids is 1. The third-order valence-electron chi connectivity index (χ3n) is 3.00. The molecule has 0 aromatic heterocycles. The summed E-state index contributed by atoms with van der Waals surface area (Å²) < 4.78 is 0. The minimum atomic E-state index is -0.815. The van der Waals surface area contributed by atoms with Crippen LogP contribution in [0, 0.1) is 11.8 Å². The summed E-state index contributed by atoms with van der Waals surface area (Å²) in [5.74, 6) is -0.368. The molecule has 0 aliphatic carbocycles. The van der Waals surface area contributed by atoms with E-state index in [4.69, 9.17) is 5.11 Å². The third-order valence-corrected chi connectivity index (χ3v) is 3.84. The van der Waals surface area contributed by atoms with Crippen LogP contribution >= 0.6 is 11.8 Å². The Labute approximate surface area is 106 Å². The molecule has 0 aromatic rings. The van der Waals surface area contributed by atoms with E-state index in [0.29, 0.717) is 13.1 Å². The molecule has 0 saturated carbocycles. The van der Waals surface area contributed by atoms with Crippen LogP contribution in [0.4, 0.5) is 4.79 Å². The number of rotatable bonds is 4. The van der Waals surface area contributed by atoms with Crippen molar-refractivity contribution in [2.75, 3.05) is 25.1 Å². The van der Waals surface area contributed by atoms with Crippen LogP contribution in [0.3, 0.4) is 0 Å². The highest BCUT2D eigenvalue weighted by molar-refractivity contribution is 7.98. The Morgan fingerprint density at radius 1 is 1.53 bits per heavy atom. The van der Waals surface area contributed by atoms with Crippen molar-refractivity contribution in [3.63, 3.8) is 0 Å². The summed E-state index contributed by atoms with van der Waals surface area (Å²) in [4.78, 5) is 24.4. The molecule has 17 heavy (non-hydrogen) atoms. The van der Waals surface area contributed by atoms with Crippen LogP contribution in [0.15, 0.2) is 0 Å². The van der Waals surface area contributed by atoms with Crippen LogP contribution in [-0.4, -0.2) is 53.1 Å². The third kappa shape index (κ3) is 3.80. The molecular formula is C11H20N2O3S. The van der Waals surface area contributed by atoms with Crippen LogP contribution < -0.4 is 5.32 Å². The van der Waals surface area contributed by atoms with Gasteiger partial charge in [0.2, 0.25) is 0 Å². The van der Waals surface area contributed by atoms with Crippen molar-refractivity contribution >= 4 is 23.8 Å². The summed E-state index contributed by atoms with van der Waals surface area (Å²) in [6, 6.07) is -0.0427. The average molecular weight is 260 g/mol. The van der Waals surface area contributed by atoms with Crippen LogP contribution in [-0.2, 0) is 4.79 Å². The Morgan fingerprint density at radius 2 is 2.18 bits per heavy atom. The first-order valence-electron chi connectivity index (χ1n) is 5.72. The van der Waals surface area contributed by atoms with Crippen molar-refractivity contribution in [2.45, 2.75) is 19.9 Å². The van der Waals surface area contributed by atoms with E-state index in [1.807, 2.05) is 20.1 Å². The molecule has 6 heteroatoms. The summed E-state index contributed by atoms with van der Waals surface area (Å²) in [5, 5.41) is 11.9. The number of thioether (sulfide) groups is 1. The Morgan fingerprint density at radius 3 is 2.65 bits per heavy atom. The lowest BCUT2D eigenvalue weighted by Gasteiger charge is -2.20. The minimum absolute atomic E-state index is 0.0223. The molecule has 1 fully saturated rings. The van der Waals surface area contributed by atoms with E-state index >= 15 is 0 Å². The lowest BCUT2D eigenvalue weighted by atomic mass is 9.99. The first-order valence-corrected chi connectivity index (χ1v) is 7.12. The van der Waals surface area contributed by atoms with Crippen molar-refractivity contribution in [3.8, 4) is 0 Å². The molecule has 0 aromatic carbocycles. The molecule has 98 valence electrons. The van der Waals surface area contributed by atoms with Crippen molar-refractivity contribution in [2.24, 2.45) is 11.8 Å². The van der Waals surface area contributed by atoms with E-state index < -0.39 is 11.9 Å². The predicted octanol–water partition coefficient (Wildman–Crippen LogP) is 1.10. The maximum atomic E-state index is 11.9. The second kappa shape index (κ2) is 6.14. The number of hydrogen-bond donors (Lipinski definition) is 2. The summed E-state index contributed by atoms with van der Waals surface area (Å²) in [6.45, 7) is 4.66. The molecule has 1 aliphatic rings. The molecule has 0 radical (unpaired) electrons. The topological polar surface area (TPSA) is 69.6 Å². The molecule has 1 heterocycles. The van der Waals surface area contributed by atoms with E-state index in [-0.39, 0.29) is 18.0 Å². The van der Waals surface area contributed by atoms with Crippen molar-refractivity contribution in [1.82, 2.24) is 10.2 Å². The van der Waals surface area contributed by atoms with Crippen LogP contribution in [0.1, 0.15) is 13.8 Å². The number of aliphatic carboxylic acids is 1. The van der Waals surface area contributed by atoms with Gasteiger partial charge < -0.3 is 15.3 Å². The Hall–Kier alpha value is -0.910. The molecule has 3 atom stereocenters. The summed E-state index contributed by atoms with van der Waals surface area (Å²) in [5.41, 5.74) is 0. The highest BCUT2D eigenvalue weighted by atomic mass is 32.2. The standard InChI is InChI=1S/C11H20N2O3S/c1-7-4-13(5-9(7)10(14)15)11(16)12-8(2)6-17-3/h7-9H,4-6H2,1-3H3,(H,12,16)(H,14,15)/t7-,8?,9-/m1/s1. The number of hydrogen-bond acceptors (Lipinski definition) is 3. The van der Waals surface area contributed by atoms with Gasteiger partial charge in [-0.3, -0.25) is 4.79 Å². The van der Waals surface area contributed by atoms with Crippen molar-refractivity contribution in [1.29, 1.82) is 0 Å². The SMILES string of the molecule is CSCC(C)NC(=O)N1C[C@@H](C)[C@H](C(=O)O)C1. The first-order chi connectivity index (χ1) is 7.95. The van der Waals surface area contributed by atoms with E-state index in [1.165, 1.54) is 0 Å². The van der Waals surface area contributed by atoms with Crippen molar-refractivity contribution in [3.05, 3.63) is 0 Å². The van der Waals surface area contributed by atoms with Gasteiger partial charge in [0.15, 0.2) is 0 Å². The Balaban J connectivity index is 2.47. The highest BCUT2D eigenvalue weighted by Gasteiger charge is 2.37. The lowest BCUT2D eigenvalue weighted by molar-refractivity contribution is -0.142. The zero-order chi connectivity index (χ0) is 13.0. The summed E-state index contributed by atoms with van der Waals surface area (Å²) in [6.07, 6.45) is 1.99. The molecule has 0 spiro atoms. The van der Waals surface area contributed by atoms with Gasteiger partial charge in [-0.15, -0.1) is 0 Å². The fourth-order valence-corrected chi connectivity index (χ4v) is 2.63. The first kappa shape index (κ1) is 14.2. The van der Waals surface area contributed by atoms with Gasteiger partial charge in [-0.1, -0.05) is 6.92 Å². The van der Waals surface area contributed by atoms with E-state index in [9.17, 15) is 9.59 Å². The monoisotopic (exact) mass is 260 g/mol. The van der Waals surface area contributed by atoms with E-state index in [2.05, 4.69) is 5.32 Å². The highest BCUT2D eigenvalue weighted by Crippen LogP contribution is 2.23. The van der Waals surface area contributed by atoms with Gasteiger partial charge in [0.25, 0.3) is 0 Å². The van der Waals surface area contributed by atoms with Crippen LogP contribution in [0.5, 0.6) is 0 Å². The van der Waals surface area contributed by atoms with E-state index in [0.717, 1.165) is 5.75 Å². The normalized spacial score (nSPS) is 25.7. The van der Waals surface area contributed by atoms with Gasteiger partial charge in [-0.2, -0.15) is 11.8 Å². The second-order valence-corrected chi connectivity index (χ2v) is 5.54. The number of amides is 2. The fraction of sp³-hybridized carbons (Fsp3) is 0.818. The molecule has 5 nitrogen and oxygen atoms in total. The maximum absolute atomic E-state index is 11.9. The van der Waals surface area contributed by atoms with Gasteiger partial charge in [-0.05, 0) is 19.1 Å². The van der Waals surface area contributed by atoms with Crippen molar-refractivity contribution < 1.29 is 14.7 Å². The second-order valence-electron chi connectivity index (χ2n) is 4.63. The molecule has 2 N–H and O–H groups in total. The van der Waals surface area contributed by atoms with Gasteiger partial charge in [-0.25, -0.2) is 4.79 Å². The number of urea groups is 1. The quantitative estimate of drug-likeness (QED) is 0.794. The largest absolute Gasteiger partial charge is 0.481 e. The minimum Gasteiger partial charge on any atom is -0.481 e. The molecule has 1 rings (SSSR count). The smallest absolute Gasteiger partial charge is 0.317 e. The summed E-state index contributed by atoms with van der Waals surface area (Å²) >= 11 is 1.67. The lowest BCUT2D eigenvalue weighted by Crippen LogP contribution is -2.44. The predicted molar refractivity (Wildman–Crippen MR) is 68.2 cm³/mol. The van der Waals surface area contributed by atoms with Gasteiger partial charge in [0, 0.05) is 24.9 Å². The molecule has 1 aliphatic heterocycles. The number of nitrogens with one attached hydrogen (secondary N) is 1. The van der Waals surface area contributed by atoms with E-state index in [1.54, 1.807) is 16.7 Å².